The molecule has 3 heterocycles. The number of thiophene rings is 1. The van der Waals surface area contributed by atoms with Crippen LogP contribution in [0.3, 0.4) is 0 Å². The van der Waals surface area contributed by atoms with Crippen LogP contribution in [0.1, 0.15) is 30.1 Å². The van der Waals surface area contributed by atoms with Crippen molar-refractivity contribution in [2.45, 2.75) is 34.2 Å². The summed E-state index contributed by atoms with van der Waals surface area (Å²) in [4.78, 5) is 14.9. The number of tetrazole rings is 1. The normalized spacial score (nSPS) is 11.6. The van der Waals surface area contributed by atoms with Crippen LogP contribution < -0.4 is 4.90 Å². The second-order valence-electron chi connectivity index (χ2n) is 6.83. The van der Waals surface area contributed by atoms with Gasteiger partial charge in [0.2, 0.25) is 5.82 Å². The van der Waals surface area contributed by atoms with Crippen LogP contribution in [0, 0.1) is 13.8 Å². The lowest BCUT2D eigenvalue weighted by molar-refractivity contribution is -0.910. The molecule has 8 heteroatoms. The van der Waals surface area contributed by atoms with E-state index in [1.54, 1.807) is 16.1 Å². The summed E-state index contributed by atoms with van der Waals surface area (Å²) in [5.74, 6) is 2.12. The van der Waals surface area contributed by atoms with Crippen LogP contribution in [0.5, 0.6) is 0 Å². The number of aryl methyl sites for hydroxylation is 2. The third kappa shape index (κ3) is 3.41. The van der Waals surface area contributed by atoms with E-state index in [4.69, 9.17) is 9.97 Å². The summed E-state index contributed by atoms with van der Waals surface area (Å²) >= 11 is 1.70. The van der Waals surface area contributed by atoms with Crippen LogP contribution in [-0.2, 0) is 6.54 Å². The summed E-state index contributed by atoms with van der Waals surface area (Å²) in [6.07, 6.45) is 0. The lowest BCUT2D eigenvalue weighted by Crippen LogP contribution is -3.10. The summed E-state index contributed by atoms with van der Waals surface area (Å²) in [6, 6.07) is 9.87. The van der Waals surface area contributed by atoms with E-state index in [-0.39, 0.29) is 0 Å². The van der Waals surface area contributed by atoms with Gasteiger partial charge in [-0.1, -0.05) is 30.3 Å². The monoisotopic (exact) mass is 394 g/mol. The van der Waals surface area contributed by atoms with Crippen LogP contribution in [0.4, 0.5) is 0 Å². The maximum atomic E-state index is 4.86. The first-order valence-corrected chi connectivity index (χ1v) is 10.4. The fraction of sp³-hybridized carbons (Fsp3) is 0.350. The zero-order valence-electron chi connectivity index (χ0n) is 16.6. The maximum absolute atomic E-state index is 4.86. The van der Waals surface area contributed by atoms with E-state index in [1.807, 2.05) is 30.3 Å². The Morgan fingerprint density at radius 2 is 1.79 bits per heavy atom. The second kappa shape index (κ2) is 7.73. The SMILES string of the molecule is CC[NH+](CC)Cc1nc(-n2nnc(-c3ccccc3)n2)c2c(C)c(C)sc2n1. The van der Waals surface area contributed by atoms with E-state index in [1.165, 1.54) is 15.3 Å². The molecule has 0 aliphatic rings. The van der Waals surface area contributed by atoms with E-state index in [9.17, 15) is 0 Å². The highest BCUT2D eigenvalue weighted by atomic mass is 32.1. The molecule has 7 nitrogen and oxygen atoms in total. The molecule has 0 amide bonds. The number of benzene rings is 1. The Hall–Kier alpha value is -2.71. The minimum atomic E-state index is 0.591. The van der Waals surface area contributed by atoms with Crippen molar-refractivity contribution in [2.75, 3.05) is 13.1 Å². The van der Waals surface area contributed by atoms with E-state index in [0.717, 1.165) is 41.2 Å². The van der Waals surface area contributed by atoms with Gasteiger partial charge in [-0.3, -0.25) is 0 Å². The molecule has 4 aromatic rings. The predicted octanol–water partition coefficient (Wildman–Crippen LogP) is 2.38. The number of quaternary nitrogens is 1. The molecule has 0 aliphatic carbocycles. The fourth-order valence-electron chi connectivity index (χ4n) is 3.23. The van der Waals surface area contributed by atoms with Crippen LogP contribution >= 0.6 is 11.3 Å². The smallest absolute Gasteiger partial charge is 0.205 e. The Morgan fingerprint density at radius 1 is 1.04 bits per heavy atom. The standard InChI is InChI=1S/C20H23N7S/c1-5-26(6-2)12-16-21-19(17-13(3)14(4)28-20(17)22-16)27-24-18(23-25-27)15-10-8-7-9-11-15/h7-11H,5-6,12H2,1-4H3/p+1. The van der Waals surface area contributed by atoms with Crippen molar-refractivity contribution in [2.24, 2.45) is 0 Å². The molecule has 0 saturated heterocycles. The molecule has 0 bridgehead atoms. The molecule has 0 fully saturated rings. The molecule has 28 heavy (non-hydrogen) atoms. The van der Waals surface area contributed by atoms with Crippen LogP contribution in [-0.4, -0.2) is 43.3 Å². The average Bonchev–Trinajstić information content (AvgIpc) is 3.32. The van der Waals surface area contributed by atoms with Gasteiger partial charge in [0.25, 0.3) is 0 Å². The number of hydrogen-bond donors (Lipinski definition) is 1. The van der Waals surface area contributed by atoms with Gasteiger partial charge in [0.1, 0.15) is 11.4 Å². The van der Waals surface area contributed by atoms with Gasteiger partial charge < -0.3 is 4.90 Å². The van der Waals surface area contributed by atoms with Gasteiger partial charge in [0, 0.05) is 10.4 Å². The van der Waals surface area contributed by atoms with E-state index >= 15 is 0 Å². The molecular weight excluding hydrogens is 370 g/mol. The highest BCUT2D eigenvalue weighted by Crippen LogP contribution is 2.32. The van der Waals surface area contributed by atoms with Crippen molar-refractivity contribution in [3.63, 3.8) is 0 Å². The van der Waals surface area contributed by atoms with Crippen molar-refractivity contribution >= 4 is 21.6 Å². The molecule has 0 aliphatic heterocycles. The van der Waals surface area contributed by atoms with Gasteiger partial charge in [-0.2, -0.15) is 0 Å². The molecule has 3 aromatic heterocycles. The zero-order chi connectivity index (χ0) is 19.7. The number of hydrogen-bond acceptors (Lipinski definition) is 6. The topological polar surface area (TPSA) is 73.8 Å². The van der Waals surface area contributed by atoms with Gasteiger partial charge in [0.15, 0.2) is 11.6 Å². The molecule has 1 N–H and O–H groups in total. The number of rotatable bonds is 6. The Morgan fingerprint density at radius 3 is 2.50 bits per heavy atom. The van der Waals surface area contributed by atoms with E-state index in [2.05, 4.69) is 43.1 Å². The average molecular weight is 395 g/mol. The lowest BCUT2D eigenvalue weighted by Gasteiger charge is -2.14. The summed E-state index contributed by atoms with van der Waals surface area (Å²) in [7, 11) is 0. The zero-order valence-corrected chi connectivity index (χ0v) is 17.4. The quantitative estimate of drug-likeness (QED) is 0.543. The van der Waals surface area contributed by atoms with E-state index in [0.29, 0.717) is 11.6 Å². The largest absolute Gasteiger partial charge is 0.329 e. The van der Waals surface area contributed by atoms with Crippen molar-refractivity contribution < 1.29 is 4.90 Å². The second-order valence-corrected chi connectivity index (χ2v) is 8.03. The third-order valence-electron chi connectivity index (χ3n) is 5.10. The lowest BCUT2D eigenvalue weighted by atomic mass is 10.2. The van der Waals surface area contributed by atoms with Gasteiger partial charge in [0.05, 0.1) is 18.5 Å². The van der Waals surface area contributed by atoms with Gasteiger partial charge in [-0.15, -0.1) is 26.3 Å². The summed E-state index contributed by atoms with van der Waals surface area (Å²) in [6.45, 7) is 11.4. The molecule has 0 saturated carbocycles. The van der Waals surface area contributed by atoms with Gasteiger partial charge in [-0.05, 0) is 38.5 Å². The molecule has 144 valence electrons. The minimum absolute atomic E-state index is 0.591. The predicted molar refractivity (Wildman–Crippen MR) is 111 cm³/mol. The van der Waals surface area contributed by atoms with Crippen molar-refractivity contribution in [1.29, 1.82) is 0 Å². The van der Waals surface area contributed by atoms with E-state index < -0.39 is 0 Å². The van der Waals surface area contributed by atoms with Crippen molar-refractivity contribution in [3.8, 4) is 17.2 Å². The Labute approximate surface area is 168 Å². The molecule has 0 atom stereocenters. The third-order valence-corrected chi connectivity index (χ3v) is 6.20. The van der Waals surface area contributed by atoms with Gasteiger partial charge >= 0.3 is 0 Å². The molecule has 0 spiro atoms. The molecule has 0 unspecified atom stereocenters. The fourth-order valence-corrected chi connectivity index (χ4v) is 4.27. The summed E-state index contributed by atoms with van der Waals surface area (Å²) in [5.41, 5.74) is 2.11. The highest BCUT2D eigenvalue weighted by molar-refractivity contribution is 7.18. The summed E-state index contributed by atoms with van der Waals surface area (Å²) < 4.78 is 0. The Kier molecular flexibility index (Phi) is 5.15. The molecule has 1 aromatic carbocycles. The van der Waals surface area contributed by atoms with Crippen molar-refractivity contribution in [1.82, 2.24) is 30.2 Å². The molecule has 4 rings (SSSR count). The Bertz CT molecular complexity index is 1100. The summed E-state index contributed by atoms with van der Waals surface area (Å²) in [5, 5.41) is 14.2. The number of nitrogens with one attached hydrogen (secondary N) is 1. The van der Waals surface area contributed by atoms with Crippen LogP contribution in [0.2, 0.25) is 0 Å². The first-order chi connectivity index (χ1) is 13.6. The first kappa shape index (κ1) is 18.6. The number of aromatic nitrogens is 6. The van der Waals surface area contributed by atoms with Crippen LogP contribution in [0.15, 0.2) is 30.3 Å². The minimum Gasteiger partial charge on any atom is -0.329 e. The van der Waals surface area contributed by atoms with Crippen LogP contribution in [0.25, 0.3) is 27.4 Å². The Balaban J connectivity index is 1.84. The molecule has 0 radical (unpaired) electrons. The highest BCUT2D eigenvalue weighted by Gasteiger charge is 2.20. The molecular formula is C20H24N7S+. The van der Waals surface area contributed by atoms with Crippen molar-refractivity contribution in [3.05, 3.63) is 46.6 Å². The number of nitrogens with zero attached hydrogens (tertiary/aromatic N) is 6. The maximum Gasteiger partial charge on any atom is 0.205 e. The number of fused-ring (bicyclic) bond motifs is 1. The first-order valence-electron chi connectivity index (χ1n) is 9.56. The van der Waals surface area contributed by atoms with Gasteiger partial charge in [-0.25, -0.2) is 9.97 Å².